The number of alkyl halides is 2. The monoisotopic (exact) mass is 446 g/mol. The van der Waals surface area contributed by atoms with Crippen molar-refractivity contribution in [2.24, 2.45) is 0 Å². The Bertz CT molecular complexity index is 984. The standard InChI is InChI=1S/C22H24F2N4O4/c1-14-11-19(29)26-17-5-3-4-6-18(17)28(14)21(31)13-27(2)12-20(30)25-15-7-9-16(10-8-15)32-22(23)24/h3-10,14,22H,11-13H2,1-2H3,(H,25,30)(H,26,29). The number of carbonyl (C=O) groups is 3. The summed E-state index contributed by atoms with van der Waals surface area (Å²) in [7, 11) is 1.63. The second-order valence-corrected chi connectivity index (χ2v) is 7.51. The highest BCUT2D eigenvalue weighted by Gasteiger charge is 2.30. The number of benzene rings is 2. The summed E-state index contributed by atoms with van der Waals surface area (Å²) in [6.45, 7) is -1.23. The first-order valence-electron chi connectivity index (χ1n) is 9.97. The Morgan fingerprint density at radius 2 is 1.88 bits per heavy atom. The van der Waals surface area contributed by atoms with Crippen LogP contribution in [0.25, 0.3) is 0 Å². The molecule has 0 fully saturated rings. The second kappa shape index (κ2) is 10.2. The van der Waals surface area contributed by atoms with Crippen molar-refractivity contribution in [2.75, 3.05) is 35.7 Å². The van der Waals surface area contributed by atoms with Gasteiger partial charge in [-0.3, -0.25) is 19.3 Å². The summed E-state index contributed by atoms with van der Waals surface area (Å²) in [6.07, 6.45) is 0.163. The third-order valence-corrected chi connectivity index (χ3v) is 4.81. The minimum atomic E-state index is -2.92. The highest BCUT2D eigenvalue weighted by Crippen LogP contribution is 2.31. The smallest absolute Gasteiger partial charge is 0.387 e. The largest absolute Gasteiger partial charge is 0.435 e. The van der Waals surface area contributed by atoms with E-state index in [9.17, 15) is 23.2 Å². The van der Waals surface area contributed by atoms with Gasteiger partial charge in [0.2, 0.25) is 17.7 Å². The van der Waals surface area contributed by atoms with Gasteiger partial charge in [-0.2, -0.15) is 8.78 Å². The molecule has 3 amide bonds. The zero-order valence-electron chi connectivity index (χ0n) is 17.7. The van der Waals surface area contributed by atoms with Crippen molar-refractivity contribution in [2.45, 2.75) is 26.0 Å². The number of hydrogen-bond donors (Lipinski definition) is 2. The predicted octanol–water partition coefficient (Wildman–Crippen LogP) is 2.92. The summed E-state index contributed by atoms with van der Waals surface area (Å²) >= 11 is 0. The number of amides is 3. The van der Waals surface area contributed by atoms with Crippen LogP contribution in [0.1, 0.15) is 13.3 Å². The summed E-state index contributed by atoms with van der Waals surface area (Å²) < 4.78 is 28.7. The van der Waals surface area contributed by atoms with Gasteiger partial charge in [0.05, 0.1) is 24.5 Å². The summed E-state index contributed by atoms with van der Waals surface area (Å²) in [5, 5.41) is 5.45. The number of likely N-dealkylation sites (N-methyl/N-ethyl adjacent to an activating group) is 1. The van der Waals surface area contributed by atoms with E-state index in [4.69, 9.17) is 0 Å². The van der Waals surface area contributed by atoms with E-state index < -0.39 is 6.61 Å². The van der Waals surface area contributed by atoms with Gasteiger partial charge in [-0.25, -0.2) is 0 Å². The number of halogens is 2. The number of carbonyl (C=O) groups excluding carboxylic acids is 3. The molecule has 1 aliphatic rings. The van der Waals surface area contributed by atoms with Crippen LogP contribution in [0.3, 0.4) is 0 Å². The van der Waals surface area contributed by atoms with Crippen LogP contribution in [0.2, 0.25) is 0 Å². The summed E-state index contributed by atoms with van der Waals surface area (Å²) in [5.41, 5.74) is 1.59. The fourth-order valence-electron chi connectivity index (χ4n) is 3.50. The van der Waals surface area contributed by atoms with Crippen molar-refractivity contribution in [3.05, 3.63) is 48.5 Å². The number of hydrogen-bond acceptors (Lipinski definition) is 5. The van der Waals surface area contributed by atoms with Crippen molar-refractivity contribution >= 4 is 34.8 Å². The molecule has 2 aromatic rings. The molecule has 0 aliphatic carbocycles. The predicted molar refractivity (Wildman–Crippen MR) is 116 cm³/mol. The minimum absolute atomic E-state index is 0.0134. The van der Waals surface area contributed by atoms with Gasteiger partial charge in [0, 0.05) is 18.2 Å². The molecular formula is C22H24F2N4O4. The Morgan fingerprint density at radius 3 is 2.56 bits per heavy atom. The second-order valence-electron chi connectivity index (χ2n) is 7.51. The highest BCUT2D eigenvalue weighted by atomic mass is 19.3. The van der Waals surface area contributed by atoms with Crippen LogP contribution >= 0.6 is 0 Å². The third kappa shape index (κ3) is 6.01. The molecule has 0 aromatic heterocycles. The summed E-state index contributed by atoms with van der Waals surface area (Å²) in [6, 6.07) is 12.3. The van der Waals surface area contributed by atoms with Gasteiger partial charge < -0.3 is 20.3 Å². The van der Waals surface area contributed by atoms with E-state index in [0.29, 0.717) is 17.1 Å². The van der Waals surface area contributed by atoms with Crippen molar-refractivity contribution < 1.29 is 27.9 Å². The molecule has 1 heterocycles. The fourth-order valence-corrected chi connectivity index (χ4v) is 3.50. The van der Waals surface area contributed by atoms with Gasteiger partial charge in [0.25, 0.3) is 0 Å². The average molecular weight is 446 g/mol. The van der Waals surface area contributed by atoms with Crippen LogP contribution in [0.15, 0.2) is 48.5 Å². The highest BCUT2D eigenvalue weighted by molar-refractivity contribution is 6.05. The van der Waals surface area contributed by atoms with Crippen molar-refractivity contribution in [1.82, 2.24) is 4.90 Å². The van der Waals surface area contributed by atoms with Crippen LogP contribution in [0.4, 0.5) is 25.8 Å². The number of rotatable bonds is 7. The van der Waals surface area contributed by atoms with Gasteiger partial charge in [-0.15, -0.1) is 0 Å². The molecule has 1 unspecified atom stereocenters. The first-order valence-corrected chi connectivity index (χ1v) is 9.97. The van der Waals surface area contributed by atoms with E-state index in [0.717, 1.165) is 0 Å². The Labute approximate surface area is 184 Å². The number of nitrogens with zero attached hydrogens (tertiary/aromatic N) is 2. The zero-order valence-corrected chi connectivity index (χ0v) is 17.7. The van der Waals surface area contributed by atoms with E-state index in [2.05, 4.69) is 15.4 Å². The average Bonchev–Trinajstić information content (AvgIpc) is 2.82. The lowest BCUT2D eigenvalue weighted by Crippen LogP contribution is -2.45. The first-order chi connectivity index (χ1) is 15.2. The van der Waals surface area contributed by atoms with Gasteiger partial charge in [0.15, 0.2) is 0 Å². The molecule has 0 radical (unpaired) electrons. The Morgan fingerprint density at radius 1 is 1.19 bits per heavy atom. The molecule has 0 bridgehead atoms. The van der Waals surface area contributed by atoms with Crippen molar-refractivity contribution in [3.8, 4) is 5.75 Å². The Hall–Kier alpha value is -3.53. The normalized spacial score (nSPS) is 15.8. The molecule has 0 saturated carbocycles. The number of para-hydroxylation sites is 2. The minimum Gasteiger partial charge on any atom is -0.435 e. The molecule has 32 heavy (non-hydrogen) atoms. The van der Waals surface area contributed by atoms with Gasteiger partial charge in [0.1, 0.15) is 5.75 Å². The lowest BCUT2D eigenvalue weighted by Gasteiger charge is -2.29. The van der Waals surface area contributed by atoms with Gasteiger partial charge >= 0.3 is 6.61 Å². The number of ether oxygens (including phenoxy) is 1. The molecule has 0 spiro atoms. The maximum Gasteiger partial charge on any atom is 0.387 e. The van der Waals surface area contributed by atoms with Gasteiger partial charge in [-0.1, -0.05) is 12.1 Å². The first kappa shape index (κ1) is 23.1. The molecule has 10 heteroatoms. The van der Waals surface area contributed by atoms with Crippen LogP contribution in [0.5, 0.6) is 5.75 Å². The molecule has 0 saturated heterocycles. The van der Waals surface area contributed by atoms with Crippen LogP contribution < -0.4 is 20.3 Å². The quantitative estimate of drug-likeness (QED) is 0.683. The molecular weight excluding hydrogens is 422 g/mol. The maximum absolute atomic E-state index is 13.0. The molecule has 170 valence electrons. The van der Waals surface area contributed by atoms with Crippen LogP contribution in [-0.4, -0.2) is 55.4 Å². The molecule has 1 atom stereocenters. The summed E-state index contributed by atoms with van der Waals surface area (Å²) in [4.78, 5) is 40.6. The maximum atomic E-state index is 13.0. The van der Waals surface area contributed by atoms with Gasteiger partial charge in [-0.05, 0) is 50.4 Å². The lowest BCUT2D eigenvalue weighted by molar-refractivity contribution is -0.121. The molecule has 2 N–H and O–H groups in total. The van der Waals surface area contributed by atoms with E-state index in [1.807, 2.05) is 0 Å². The summed E-state index contributed by atoms with van der Waals surface area (Å²) in [5.74, 6) is -0.798. The Balaban J connectivity index is 1.59. The van der Waals surface area contributed by atoms with E-state index >= 15 is 0 Å². The topological polar surface area (TPSA) is 91.0 Å². The number of anilines is 3. The third-order valence-electron chi connectivity index (χ3n) is 4.81. The Kier molecular flexibility index (Phi) is 7.37. The van der Waals surface area contributed by atoms with Crippen molar-refractivity contribution in [3.63, 3.8) is 0 Å². The van der Waals surface area contributed by atoms with E-state index in [1.54, 1.807) is 48.0 Å². The number of nitrogens with one attached hydrogen (secondary N) is 2. The molecule has 1 aliphatic heterocycles. The molecule has 3 rings (SSSR count). The lowest BCUT2D eigenvalue weighted by atomic mass is 10.1. The molecule has 8 nitrogen and oxygen atoms in total. The van der Waals surface area contributed by atoms with E-state index in [1.165, 1.54) is 24.3 Å². The van der Waals surface area contributed by atoms with Crippen LogP contribution in [-0.2, 0) is 14.4 Å². The molecule has 2 aromatic carbocycles. The van der Waals surface area contributed by atoms with Crippen molar-refractivity contribution in [1.29, 1.82) is 0 Å². The van der Waals surface area contributed by atoms with E-state index in [-0.39, 0.29) is 49.0 Å². The van der Waals surface area contributed by atoms with Crippen LogP contribution in [0, 0.1) is 0 Å². The number of fused-ring (bicyclic) bond motifs is 1. The fraction of sp³-hybridized carbons (Fsp3) is 0.318. The SMILES string of the molecule is CC1CC(=O)Nc2ccccc2N1C(=O)CN(C)CC(=O)Nc1ccc(OC(F)F)cc1. The zero-order chi connectivity index (χ0) is 23.3.